The summed E-state index contributed by atoms with van der Waals surface area (Å²) in [5, 5.41) is 0.706. The van der Waals surface area contributed by atoms with Gasteiger partial charge in [0, 0.05) is 17.9 Å². The van der Waals surface area contributed by atoms with Crippen molar-refractivity contribution in [3.8, 4) is 0 Å². The van der Waals surface area contributed by atoms with Gasteiger partial charge in [0.2, 0.25) is 0 Å². The molecule has 1 rings (SSSR count). The third-order valence-electron chi connectivity index (χ3n) is 3.17. The summed E-state index contributed by atoms with van der Waals surface area (Å²) in [7, 11) is 0. The standard InChI is InChI=1S/C12H19ClN2/c1-4-9(2)12(3,14)7-10-5-6-15-8-11(10)13/h5-6,8-9H,4,7,14H2,1-3H3. The maximum Gasteiger partial charge on any atom is 0.0621 e. The van der Waals surface area contributed by atoms with Gasteiger partial charge in [-0.1, -0.05) is 31.9 Å². The van der Waals surface area contributed by atoms with Gasteiger partial charge in [0.05, 0.1) is 5.02 Å². The minimum absolute atomic E-state index is 0.209. The summed E-state index contributed by atoms with van der Waals surface area (Å²) < 4.78 is 0. The van der Waals surface area contributed by atoms with E-state index in [0.717, 1.165) is 18.4 Å². The fourth-order valence-corrected chi connectivity index (χ4v) is 1.78. The molecule has 2 unspecified atom stereocenters. The van der Waals surface area contributed by atoms with Gasteiger partial charge in [-0.3, -0.25) is 4.98 Å². The molecule has 0 radical (unpaired) electrons. The van der Waals surface area contributed by atoms with Gasteiger partial charge in [-0.2, -0.15) is 0 Å². The summed E-state index contributed by atoms with van der Waals surface area (Å²) in [6.45, 7) is 6.41. The second-order valence-corrected chi connectivity index (χ2v) is 4.87. The van der Waals surface area contributed by atoms with Crippen LogP contribution >= 0.6 is 11.6 Å². The van der Waals surface area contributed by atoms with Crippen LogP contribution in [0.2, 0.25) is 5.02 Å². The first-order valence-electron chi connectivity index (χ1n) is 5.34. The van der Waals surface area contributed by atoms with Gasteiger partial charge < -0.3 is 5.73 Å². The van der Waals surface area contributed by atoms with Crippen molar-refractivity contribution >= 4 is 11.6 Å². The van der Waals surface area contributed by atoms with Crippen LogP contribution in [0.1, 0.15) is 32.8 Å². The van der Waals surface area contributed by atoms with Crippen LogP contribution < -0.4 is 5.73 Å². The monoisotopic (exact) mass is 226 g/mol. The highest BCUT2D eigenvalue weighted by molar-refractivity contribution is 6.31. The molecule has 1 heterocycles. The predicted octanol–water partition coefficient (Wildman–Crippen LogP) is 3.04. The van der Waals surface area contributed by atoms with E-state index in [9.17, 15) is 0 Å². The largest absolute Gasteiger partial charge is 0.325 e. The van der Waals surface area contributed by atoms with E-state index in [1.165, 1.54) is 0 Å². The normalized spacial score (nSPS) is 17.1. The molecule has 15 heavy (non-hydrogen) atoms. The zero-order valence-electron chi connectivity index (χ0n) is 9.63. The van der Waals surface area contributed by atoms with Gasteiger partial charge in [-0.25, -0.2) is 0 Å². The van der Waals surface area contributed by atoms with Crippen LogP contribution in [0.25, 0.3) is 0 Å². The summed E-state index contributed by atoms with van der Waals surface area (Å²) in [5.41, 5.74) is 7.16. The first-order valence-corrected chi connectivity index (χ1v) is 5.72. The van der Waals surface area contributed by atoms with E-state index in [2.05, 4.69) is 25.8 Å². The molecule has 0 aromatic carbocycles. The van der Waals surface area contributed by atoms with E-state index in [1.54, 1.807) is 12.4 Å². The van der Waals surface area contributed by atoms with Gasteiger partial charge in [-0.15, -0.1) is 0 Å². The molecule has 0 fully saturated rings. The van der Waals surface area contributed by atoms with Crippen LogP contribution in [-0.2, 0) is 6.42 Å². The summed E-state index contributed by atoms with van der Waals surface area (Å²) in [5.74, 6) is 0.474. The lowest BCUT2D eigenvalue weighted by Crippen LogP contribution is -2.44. The third kappa shape index (κ3) is 3.18. The molecule has 1 aromatic heterocycles. The van der Waals surface area contributed by atoms with Crippen molar-refractivity contribution in [1.29, 1.82) is 0 Å². The molecule has 0 saturated heterocycles. The highest BCUT2D eigenvalue weighted by atomic mass is 35.5. The van der Waals surface area contributed by atoms with Crippen molar-refractivity contribution in [2.75, 3.05) is 0 Å². The van der Waals surface area contributed by atoms with Gasteiger partial charge in [0.1, 0.15) is 0 Å². The molecule has 0 amide bonds. The molecule has 3 heteroatoms. The van der Waals surface area contributed by atoms with Gasteiger partial charge in [0.15, 0.2) is 0 Å². The molecule has 0 saturated carbocycles. The smallest absolute Gasteiger partial charge is 0.0621 e. The molecule has 0 bridgehead atoms. The number of aromatic nitrogens is 1. The SMILES string of the molecule is CCC(C)C(C)(N)Cc1ccncc1Cl. The average molecular weight is 227 g/mol. The molecule has 2 N–H and O–H groups in total. The Morgan fingerprint density at radius 3 is 2.80 bits per heavy atom. The number of hydrogen-bond donors (Lipinski definition) is 1. The Morgan fingerprint density at radius 2 is 2.27 bits per heavy atom. The second kappa shape index (κ2) is 4.95. The zero-order chi connectivity index (χ0) is 11.5. The minimum atomic E-state index is -0.209. The van der Waals surface area contributed by atoms with Crippen LogP contribution in [-0.4, -0.2) is 10.5 Å². The summed E-state index contributed by atoms with van der Waals surface area (Å²) >= 11 is 6.06. The Labute approximate surface area is 96.8 Å². The van der Waals surface area contributed by atoms with Gasteiger partial charge in [-0.05, 0) is 30.9 Å². The number of nitrogens with two attached hydrogens (primary N) is 1. The lowest BCUT2D eigenvalue weighted by Gasteiger charge is -2.31. The Hall–Kier alpha value is -0.600. The minimum Gasteiger partial charge on any atom is -0.325 e. The Bertz CT molecular complexity index is 323. The number of rotatable bonds is 4. The zero-order valence-corrected chi connectivity index (χ0v) is 10.4. The average Bonchev–Trinajstić information content (AvgIpc) is 2.20. The first kappa shape index (κ1) is 12.5. The van der Waals surface area contributed by atoms with Crippen molar-refractivity contribution in [1.82, 2.24) is 4.98 Å². The molecule has 2 nitrogen and oxygen atoms in total. The summed E-state index contributed by atoms with van der Waals surface area (Å²) in [6, 6.07) is 1.94. The molecule has 84 valence electrons. The topological polar surface area (TPSA) is 38.9 Å². The first-order chi connectivity index (χ1) is 6.97. The van der Waals surface area contributed by atoms with Crippen molar-refractivity contribution in [3.63, 3.8) is 0 Å². The molecule has 1 aromatic rings. The Balaban J connectivity index is 2.81. The Kier molecular flexibility index (Phi) is 4.12. The van der Waals surface area contributed by atoms with Crippen molar-refractivity contribution in [2.45, 2.75) is 39.2 Å². The van der Waals surface area contributed by atoms with E-state index in [0.29, 0.717) is 10.9 Å². The van der Waals surface area contributed by atoms with Crippen LogP contribution in [0, 0.1) is 5.92 Å². The highest BCUT2D eigenvalue weighted by Gasteiger charge is 2.26. The van der Waals surface area contributed by atoms with Crippen LogP contribution in [0.5, 0.6) is 0 Å². The van der Waals surface area contributed by atoms with Crippen LogP contribution in [0.15, 0.2) is 18.5 Å². The molecule has 0 aliphatic carbocycles. The fraction of sp³-hybridized carbons (Fsp3) is 0.583. The Morgan fingerprint density at radius 1 is 1.60 bits per heavy atom. The molecule has 0 aliphatic rings. The second-order valence-electron chi connectivity index (χ2n) is 4.46. The van der Waals surface area contributed by atoms with Crippen molar-refractivity contribution < 1.29 is 0 Å². The molecule has 0 aliphatic heterocycles. The lowest BCUT2D eigenvalue weighted by molar-refractivity contribution is 0.306. The number of pyridine rings is 1. The third-order valence-corrected chi connectivity index (χ3v) is 3.51. The molecular weight excluding hydrogens is 208 g/mol. The number of nitrogens with zero attached hydrogens (tertiary/aromatic N) is 1. The summed E-state index contributed by atoms with van der Waals surface area (Å²) in [6.07, 6.45) is 5.30. The number of halogens is 1. The quantitative estimate of drug-likeness (QED) is 0.857. The van der Waals surface area contributed by atoms with E-state index < -0.39 is 0 Å². The maximum absolute atomic E-state index is 6.29. The highest BCUT2D eigenvalue weighted by Crippen LogP contribution is 2.25. The molecular formula is C12H19ClN2. The van der Waals surface area contributed by atoms with E-state index in [1.807, 2.05) is 6.07 Å². The molecule has 0 spiro atoms. The van der Waals surface area contributed by atoms with Crippen LogP contribution in [0.3, 0.4) is 0 Å². The van der Waals surface area contributed by atoms with E-state index in [4.69, 9.17) is 17.3 Å². The van der Waals surface area contributed by atoms with Gasteiger partial charge in [0.25, 0.3) is 0 Å². The van der Waals surface area contributed by atoms with Crippen LogP contribution in [0.4, 0.5) is 0 Å². The van der Waals surface area contributed by atoms with Crippen molar-refractivity contribution in [2.24, 2.45) is 11.7 Å². The predicted molar refractivity (Wildman–Crippen MR) is 65.0 cm³/mol. The summed E-state index contributed by atoms with van der Waals surface area (Å²) in [4.78, 5) is 3.97. The maximum atomic E-state index is 6.29. The van der Waals surface area contributed by atoms with E-state index in [-0.39, 0.29) is 5.54 Å². The fourth-order valence-electron chi connectivity index (χ4n) is 1.60. The lowest BCUT2D eigenvalue weighted by atomic mass is 9.81. The van der Waals surface area contributed by atoms with Gasteiger partial charge >= 0.3 is 0 Å². The number of hydrogen-bond acceptors (Lipinski definition) is 2. The van der Waals surface area contributed by atoms with E-state index >= 15 is 0 Å². The van der Waals surface area contributed by atoms with Crippen molar-refractivity contribution in [3.05, 3.63) is 29.0 Å². The molecule has 2 atom stereocenters.